The Morgan fingerprint density at radius 3 is 2.42 bits per heavy atom. The molecular weight excluding hydrogens is 276 g/mol. The SMILES string of the molecule is O=C(O)CNC(=O)CNC(=O)c1ccc(Cl)cc1O. The first-order chi connectivity index (χ1) is 8.90. The van der Waals surface area contributed by atoms with Gasteiger partial charge in [0.25, 0.3) is 5.91 Å². The molecule has 4 N–H and O–H groups in total. The Hall–Kier alpha value is -2.28. The molecule has 0 aliphatic heterocycles. The molecule has 1 aromatic rings. The van der Waals surface area contributed by atoms with E-state index < -0.39 is 30.9 Å². The van der Waals surface area contributed by atoms with Crippen LogP contribution in [0.1, 0.15) is 10.4 Å². The summed E-state index contributed by atoms with van der Waals surface area (Å²) >= 11 is 5.61. The average Bonchev–Trinajstić information content (AvgIpc) is 2.33. The lowest BCUT2D eigenvalue weighted by molar-refractivity contribution is -0.137. The highest BCUT2D eigenvalue weighted by molar-refractivity contribution is 6.30. The number of hydrogen-bond acceptors (Lipinski definition) is 4. The van der Waals surface area contributed by atoms with Gasteiger partial charge in [-0.15, -0.1) is 0 Å². The molecule has 0 saturated carbocycles. The van der Waals surface area contributed by atoms with E-state index in [0.717, 1.165) is 0 Å². The van der Waals surface area contributed by atoms with Gasteiger partial charge in [-0.05, 0) is 18.2 Å². The van der Waals surface area contributed by atoms with E-state index in [1.54, 1.807) is 0 Å². The largest absolute Gasteiger partial charge is 0.507 e. The highest BCUT2D eigenvalue weighted by Crippen LogP contribution is 2.21. The zero-order valence-electron chi connectivity index (χ0n) is 9.64. The number of nitrogens with one attached hydrogen (secondary N) is 2. The number of carboxylic acid groups (broad SMARTS) is 1. The van der Waals surface area contributed by atoms with Crippen LogP contribution in [0, 0.1) is 0 Å². The molecule has 8 heteroatoms. The number of hydrogen-bond donors (Lipinski definition) is 4. The Balaban J connectivity index is 2.51. The Labute approximate surface area is 113 Å². The summed E-state index contributed by atoms with van der Waals surface area (Å²) in [5, 5.41) is 22.4. The second-order valence-corrected chi connectivity index (χ2v) is 3.95. The van der Waals surface area contributed by atoms with E-state index >= 15 is 0 Å². The van der Waals surface area contributed by atoms with Crippen LogP contribution >= 0.6 is 11.6 Å². The highest BCUT2D eigenvalue weighted by atomic mass is 35.5. The van der Waals surface area contributed by atoms with Gasteiger partial charge in [0, 0.05) is 5.02 Å². The number of phenols is 1. The predicted octanol–water partition coefficient (Wildman–Crippen LogP) is -0.0238. The minimum atomic E-state index is -1.19. The van der Waals surface area contributed by atoms with Crippen LogP contribution in [0.25, 0.3) is 0 Å². The second kappa shape index (κ2) is 6.60. The van der Waals surface area contributed by atoms with E-state index in [4.69, 9.17) is 16.7 Å². The van der Waals surface area contributed by atoms with E-state index in [0.29, 0.717) is 0 Å². The second-order valence-electron chi connectivity index (χ2n) is 3.51. The van der Waals surface area contributed by atoms with Crippen molar-refractivity contribution in [3.05, 3.63) is 28.8 Å². The molecule has 0 heterocycles. The summed E-state index contributed by atoms with van der Waals surface area (Å²) < 4.78 is 0. The van der Waals surface area contributed by atoms with E-state index in [2.05, 4.69) is 10.6 Å². The first kappa shape index (κ1) is 14.8. The van der Waals surface area contributed by atoms with Crippen molar-refractivity contribution in [2.75, 3.05) is 13.1 Å². The molecule has 0 aromatic heterocycles. The van der Waals surface area contributed by atoms with Crippen molar-refractivity contribution in [1.29, 1.82) is 0 Å². The number of carboxylic acids is 1. The van der Waals surface area contributed by atoms with Crippen LogP contribution in [0.3, 0.4) is 0 Å². The fourth-order valence-electron chi connectivity index (χ4n) is 1.19. The maximum absolute atomic E-state index is 11.6. The van der Waals surface area contributed by atoms with Gasteiger partial charge in [0.1, 0.15) is 12.3 Å². The summed E-state index contributed by atoms with van der Waals surface area (Å²) in [6.45, 7) is -0.922. The third-order valence-corrected chi connectivity index (χ3v) is 2.29. The number of amides is 2. The molecule has 0 fully saturated rings. The number of phenolic OH excluding ortho intramolecular Hbond substituents is 1. The van der Waals surface area contributed by atoms with Gasteiger partial charge in [-0.25, -0.2) is 0 Å². The van der Waals surface area contributed by atoms with Crippen LogP contribution in [0.15, 0.2) is 18.2 Å². The average molecular weight is 287 g/mol. The van der Waals surface area contributed by atoms with Crippen LogP contribution in [0.4, 0.5) is 0 Å². The van der Waals surface area contributed by atoms with Crippen molar-refractivity contribution in [3.63, 3.8) is 0 Å². The number of carbonyl (C=O) groups excluding carboxylic acids is 2. The maximum atomic E-state index is 11.6. The van der Waals surface area contributed by atoms with Crippen molar-refractivity contribution < 1.29 is 24.6 Å². The normalized spacial score (nSPS) is 9.74. The van der Waals surface area contributed by atoms with Crippen LogP contribution in [-0.2, 0) is 9.59 Å². The van der Waals surface area contributed by atoms with Gasteiger partial charge in [-0.1, -0.05) is 11.6 Å². The monoisotopic (exact) mass is 286 g/mol. The minimum absolute atomic E-state index is 0.0320. The first-order valence-electron chi connectivity index (χ1n) is 5.15. The molecule has 0 unspecified atom stereocenters. The molecule has 0 atom stereocenters. The Bertz CT molecular complexity index is 518. The highest BCUT2D eigenvalue weighted by Gasteiger charge is 2.12. The Morgan fingerprint density at radius 1 is 1.16 bits per heavy atom. The van der Waals surface area contributed by atoms with Crippen LogP contribution in [-0.4, -0.2) is 41.1 Å². The number of carbonyl (C=O) groups is 3. The molecule has 0 aliphatic rings. The van der Waals surface area contributed by atoms with Gasteiger partial charge in [0.2, 0.25) is 5.91 Å². The van der Waals surface area contributed by atoms with Crippen LogP contribution < -0.4 is 10.6 Å². The van der Waals surface area contributed by atoms with E-state index in [1.165, 1.54) is 18.2 Å². The molecular formula is C11H11ClN2O5. The molecule has 0 aliphatic carbocycles. The van der Waals surface area contributed by atoms with Crippen molar-refractivity contribution in [2.24, 2.45) is 0 Å². The van der Waals surface area contributed by atoms with Gasteiger partial charge in [0.15, 0.2) is 0 Å². The van der Waals surface area contributed by atoms with Crippen molar-refractivity contribution in [3.8, 4) is 5.75 Å². The van der Waals surface area contributed by atoms with Gasteiger partial charge in [-0.2, -0.15) is 0 Å². The Morgan fingerprint density at radius 2 is 1.84 bits per heavy atom. The van der Waals surface area contributed by atoms with Gasteiger partial charge in [0.05, 0.1) is 12.1 Å². The molecule has 0 bridgehead atoms. The fraction of sp³-hybridized carbons (Fsp3) is 0.182. The molecule has 0 saturated heterocycles. The molecule has 7 nitrogen and oxygen atoms in total. The lowest BCUT2D eigenvalue weighted by atomic mass is 10.2. The molecule has 1 rings (SSSR count). The zero-order valence-corrected chi connectivity index (χ0v) is 10.4. The summed E-state index contributed by atoms with van der Waals surface area (Å²) in [6, 6.07) is 3.92. The summed E-state index contributed by atoms with van der Waals surface area (Å²) in [4.78, 5) is 33.0. The van der Waals surface area contributed by atoms with Crippen LogP contribution in [0.2, 0.25) is 5.02 Å². The van der Waals surface area contributed by atoms with Crippen molar-refractivity contribution >= 4 is 29.4 Å². The molecule has 0 radical (unpaired) electrons. The molecule has 1 aromatic carbocycles. The Kier molecular flexibility index (Phi) is 5.13. The third-order valence-electron chi connectivity index (χ3n) is 2.05. The predicted molar refractivity (Wildman–Crippen MR) is 66.1 cm³/mol. The third kappa shape index (κ3) is 4.84. The van der Waals surface area contributed by atoms with Crippen molar-refractivity contribution in [1.82, 2.24) is 10.6 Å². The van der Waals surface area contributed by atoms with Crippen molar-refractivity contribution in [2.45, 2.75) is 0 Å². The number of rotatable bonds is 5. The summed E-state index contributed by atoms with van der Waals surface area (Å²) in [5.41, 5.74) is -0.0320. The standard InChI is InChI=1S/C11H11ClN2O5/c12-6-1-2-7(8(15)3-6)11(19)14-4-9(16)13-5-10(17)18/h1-3,15H,4-5H2,(H,13,16)(H,14,19)(H,17,18). The summed E-state index contributed by atoms with van der Waals surface area (Å²) in [7, 11) is 0. The van der Waals surface area contributed by atoms with Gasteiger partial charge in [-0.3, -0.25) is 14.4 Å². The van der Waals surface area contributed by atoms with E-state index in [1.807, 2.05) is 0 Å². The van der Waals surface area contributed by atoms with Gasteiger partial charge >= 0.3 is 5.97 Å². The first-order valence-corrected chi connectivity index (χ1v) is 5.53. The summed E-state index contributed by atoms with van der Waals surface area (Å²) in [6.07, 6.45) is 0. The number of benzene rings is 1. The van der Waals surface area contributed by atoms with E-state index in [-0.39, 0.29) is 16.3 Å². The molecule has 0 spiro atoms. The minimum Gasteiger partial charge on any atom is -0.507 e. The zero-order chi connectivity index (χ0) is 14.4. The van der Waals surface area contributed by atoms with E-state index in [9.17, 15) is 19.5 Å². The lowest BCUT2D eigenvalue weighted by Gasteiger charge is -2.07. The lowest BCUT2D eigenvalue weighted by Crippen LogP contribution is -2.39. The quantitative estimate of drug-likeness (QED) is 0.607. The molecule has 102 valence electrons. The van der Waals surface area contributed by atoms with Crippen LogP contribution in [0.5, 0.6) is 5.75 Å². The number of aliphatic carboxylic acids is 1. The maximum Gasteiger partial charge on any atom is 0.322 e. The van der Waals surface area contributed by atoms with Gasteiger partial charge < -0.3 is 20.8 Å². The topological polar surface area (TPSA) is 116 Å². The number of aromatic hydroxyl groups is 1. The smallest absolute Gasteiger partial charge is 0.322 e. The fourth-order valence-corrected chi connectivity index (χ4v) is 1.36. The number of halogens is 1. The molecule has 2 amide bonds. The molecule has 19 heavy (non-hydrogen) atoms. The summed E-state index contributed by atoms with van der Waals surface area (Å²) in [5.74, 6) is -2.81.